The summed E-state index contributed by atoms with van der Waals surface area (Å²) in [6.07, 6.45) is 0. The van der Waals surface area contributed by atoms with Crippen LogP contribution in [0.3, 0.4) is 0 Å². The number of carbonyl (C=O) groups is 2. The van der Waals surface area contributed by atoms with Crippen molar-refractivity contribution in [1.82, 2.24) is 0 Å². The van der Waals surface area contributed by atoms with E-state index >= 15 is 0 Å². The normalized spacial score (nSPS) is 10.0. The SMILES string of the molecule is COc1ccc(NC(C)=O)cc1NC(=O)c1ccc([N+](=O)[O-])c(C)c1. The first-order chi connectivity index (χ1) is 11.8. The highest BCUT2D eigenvalue weighted by atomic mass is 16.6. The lowest BCUT2D eigenvalue weighted by Crippen LogP contribution is -2.14. The van der Waals surface area contributed by atoms with Crippen molar-refractivity contribution < 1.29 is 19.2 Å². The maximum absolute atomic E-state index is 12.4. The van der Waals surface area contributed by atoms with Gasteiger partial charge in [-0.25, -0.2) is 0 Å². The number of ether oxygens (including phenoxy) is 1. The van der Waals surface area contributed by atoms with Gasteiger partial charge in [0.25, 0.3) is 11.6 Å². The molecule has 2 N–H and O–H groups in total. The lowest BCUT2D eigenvalue weighted by Gasteiger charge is -2.12. The van der Waals surface area contributed by atoms with E-state index in [9.17, 15) is 19.7 Å². The average Bonchev–Trinajstić information content (AvgIpc) is 2.54. The largest absolute Gasteiger partial charge is 0.495 e. The van der Waals surface area contributed by atoms with Gasteiger partial charge in [-0.1, -0.05) is 0 Å². The predicted molar refractivity (Wildman–Crippen MR) is 93.1 cm³/mol. The first-order valence-electron chi connectivity index (χ1n) is 7.34. The molecule has 0 saturated carbocycles. The van der Waals surface area contributed by atoms with Crippen molar-refractivity contribution in [1.29, 1.82) is 0 Å². The van der Waals surface area contributed by atoms with E-state index < -0.39 is 10.8 Å². The topological polar surface area (TPSA) is 111 Å². The van der Waals surface area contributed by atoms with Crippen molar-refractivity contribution in [3.05, 3.63) is 57.6 Å². The summed E-state index contributed by atoms with van der Waals surface area (Å²) < 4.78 is 5.20. The van der Waals surface area contributed by atoms with Crippen LogP contribution in [0.1, 0.15) is 22.8 Å². The average molecular weight is 343 g/mol. The second-order valence-corrected chi connectivity index (χ2v) is 5.31. The summed E-state index contributed by atoms with van der Waals surface area (Å²) in [5.41, 5.74) is 1.48. The third kappa shape index (κ3) is 4.31. The van der Waals surface area contributed by atoms with Gasteiger partial charge in [-0.2, -0.15) is 0 Å². The first kappa shape index (κ1) is 17.9. The zero-order valence-corrected chi connectivity index (χ0v) is 14.0. The molecule has 130 valence electrons. The molecule has 0 radical (unpaired) electrons. The monoisotopic (exact) mass is 343 g/mol. The van der Waals surface area contributed by atoms with Gasteiger partial charge in [0.05, 0.1) is 17.7 Å². The molecule has 2 amide bonds. The fourth-order valence-electron chi connectivity index (χ4n) is 2.28. The van der Waals surface area contributed by atoms with Crippen LogP contribution in [0.25, 0.3) is 0 Å². The molecular weight excluding hydrogens is 326 g/mol. The number of hydrogen-bond acceptors (Lipinski definition) is 5. The van der Waals surface area contributed by atoms with E-state index in [0.29, 0.717) is 22.7 Å². The number of rotatable bonds is 5. The number of methoxy groups -OCH3 is 1. The second-order valence-electron chi connectivity index (χ2n) is 5.31. The lowest BCUT2D eigenvalue weighted by atomic mass is 10.1. The quantitative estimate of drug-likeness (QED) is 0.640. The number of anilines is 2. The van der Waals surface area contributed by atoms with Crippen LogP contribution < -0.4 is 15.4 Å². The molecule has 25 heavy (non-hydrogen) atoms. The van der Waals surface area contributed by atoms with E-state index in [4.69, 9.17) is 4.74 Å². The van der Waals surface area contributed by atoms with Crippen LogP contribution in [0.15, 0.2) is 36.4 Å². The smallest absolute Gasteiger partial charge is 0.272 e. The van der Waals surface area contributed by atoms with Crippen molar-refractivity contribution in [2.24, 2.45) is 0 Å². The van der Waals surface area contributed by atoms with Crippen LogP contribution in [0, 0.1) is 17.0 Å². The Morgan fingerprint density at radius 1 is 1.12 bits per heavy atom. The number of nitrogens with zero attached hydrogens (tertiary/aromatic N) is 1. The molecular formula is C17H17N3O5. The van der Waals surface area contributed by atoms with Crippen molar-refractivity contribution in [2.75, 3.05) is 17.7 Å². The Balaban J connectivity index is 2.29. The maximum Gasteiger partial charge on any atom is 0.272 e. The molecule has 0 saturated heterocycles. The van der Waals surface area contributed by atoms with Crippen molar-refractivity contribution in [3.63, 3.8) is 0 Å². The molecule has 0 atom stereocenters. The van der Waals surface area contributed by atoms with Crippen LogP contribution >= 0.6 is 0 Å². The minimum Gasteiger partial charge on any atom is -0.495 e. The minimum atomic E-state index is -0.503. The zero-order valence-electron chi connectivity index (χ0n) is 14.0. The van der Waals surface area contributed by atoms with E-state index in [0.717, 1.165) is 0 Å². The summed E-state index contributed by atoms with van der Waals surface area (Å²) >= 11 is 0. The minimum absolute atomic E-state index is 0.0539. The van der Waals surface area contributed by atoms with E-state index in [1.807, 2.05) is 0 Å². The third-order valence-electron chi connectivity index (χ3n) is 3.42. The molecule has 0 aromatic heterocycles. The van der Waals surface area contributed by atoms with Crippen LogP contribution in [0.2, 0.25) is 0 Å². The Kier molecular flexibility index (Phi) is 5.33. The molecule has 0 aliphatic heterocycles. The maximum atomic E-state index is 12.4. The number of aryl methyl sites for hydroxylation is 1. The molecule has 2 aromatic carbocycles. The van der Waals surface area contributed by atoms with Crippen LogP contribution in [-0.2, 0) is 4.79 Å². The standard InChI is InChI=1S/C17H17N3O5/c1-10-8-12(4-6-15(10)20(23)24)17(22)19-14-9-13(18-11(2)21)5-7-16(14)25-3/h4-9H,1-3H3,(H,18,21)(H,19,22). The van der Waals surface area contributed by atoms with E-state index in [2.05, 4.69) is 10.6 Å². The summed E-state index contributed by atoms with van der Waals surface area (Å²) in [5, 5.41) is 16.2. The summed E-state index contributed by atoms with van der Waals surface area (Å²) in [6.45, 7) is 2.94. The molecule has 8 nitrogen and oxygen atoms in total. The fourth-order valence-corrected chi connectivity index (χ4v) is 2.28. The van der Waals surface area contributed by atoms with Crippen molar-refractivity contribution >= 4 is 28.9 Å². The number of nitro benzene ring substituents is 1. The Labute approximate surface area is 144 Å². The molecule has 0 aliphatic carbocycles. The molecule has 0 fully saturated rings. The Morgan fingerprint density at radius 2 is 1.84 bits per heavy atom. The van der Waals surface area contributed by atoms with E-state index in [1.165, 1.54) is 32.2 Å². The van der Waals surface area contributed by atoms with Gasteiger partial charge in [-0.15, -0.1) is 0 Å². The Morgan fingerprint density at radius 3 is 2.40 bits per heavy atom. The number of benzene rings is 2. The van der Waals surface area contributed by atoms with Gasteiger partial charge in [-0.3, -0.25) is 19.7 Å². The summed E-state index contributed by atoms with van der Waals surface area (Å²) in [5.74, 6) is -0.272. The Hall–Kier alpha value is -3.42. The van der Waals surface area contributed by atoms with Gasteiger partial charge in [0, 0.05) is 29.8 Å². The predicted octanol–water partition coefficient (Wildman–Crippen LogP) is 3.12. The second kappa shape index (κ2) is 7.43. The third-order valence-corrected chi connectivity index (χ3v) is 3.42. The van der Waals surface area contributed by atoms with Crippen molar-refractivity contribution in [2.45, 2.75) is 13.8 Å². The summed E-state index contributed by atoms with van der Waals surface area (Å²) in [6, 6.07) is 8.93. The summed E-state index contributed by atoms with van der Waals surface area (Å²) in [4.78, 5) is 33.9. The molecule has 0 aliphatic rings. The highest BCUT2D eigenvalue weighted by Gasteiger charge is 2.15. The highest BCUT2D eigenvalue weighted by molar-refractivity contribution is 6.05. The summed E-state index contributed by atoms with van der Waals surface area (Å²) in [7, 11) is 1.46. The van der Waals surface area contributed by atoms with Gasteiger partial charge in [0.1, 0.15) is 5.75 Å². The van der Waals surface area contributed by atoms with Gasteiger partial charge in [-0.05, 0) is 37.3 Å². The van der Waals surface area contributed by atoms with Crippen molar-refractivity contribution in [3.8, 4) is 5.75 Å². The van der Waals surface area contributed by atoms with Gasteiger partial charge < -0.3 is 15.4 Å². The van der Waals surface area contributed by atoms with Gasteiger partial charge >= 0.3 is 0 Å². The zero-order chi connectivity index (χ0) is 18.6. The molecule has 0 spiro atoms. The van der Waals surface area contributed by atoms with Crippen LogP contribution in [0.4, 0.5) is 17.1 Å². The highest BCUT2D eigenvalue weighted by Crippen LogP contribution is 2.28. The van der Waals surface area contributed by atoms with Gasteiger partial charge in [0.15, 0.2) is 0 Å². The molecule has 2 rings (SSSR count). The number of carbonyl (C=O) groups excluding carboxylic acids is 2. The molecule has 0 bridgehead atoms. The van der Waals surface area contributed by atoms with E-state index in [-0.39, 0.29) is 17.2 Å². The molecule has 0 unspecified atom stereocenters. The number of amides is 2. The molecule has 2 aromatic rings. The number of nitrogens with one attached hydrogen (secondary N) is 2. The first-order valence-corrected chi connectivity index (χ1v) is 7.34. The fraction of sp³-hybridized carbons (Fsp3) is 0.176. The molecule has 8 heteroatoms. The Bertz CT molecular complexity index is 848. The van der Waals surface area contributed by atoms with Crippen LogP contribution in [0.5, 0.6) is 5.75 Å². The van der Waals surface area contributed by atoms with Gasteiger partial charge in [0.2, 0.25) is 5.91 Å². The lowest BCUT2D eigenvalue weighted by molar-refractivity contribution is -0.385. The molecule has 0 heterocycles. The number of hydrogen-bond donors (Lipinski definition) is 2. The number of nitro groups is 1. The van der Waals surface area contributed by atoms with Crippen LogP contribution in [-0.4, -0.2) is 23.8 Å². The van der Waals surface area contributed by atoms with E-state index in [1.54, 1.807) is 25.1 Å².